The summed E-state index contributed by atoms with van der Waals surface area (Å²) in [4.78, 5) is 16.1. The van der Waals surface area contributed by atoms with Crippen LogP contribution in [-0.4, -0.2) is 25.2 Å². The Morgan fingerprint density at radius 1 is 1.28 bits per heavy atom. The topological polar surface area (TPSA) is 64.7 Å². The summed E-state index contributed by atoms with van der Waals surface area (Å²) in [7, 11) is 1.72. The minimum atomic E-state index is -4.39. The van der Waals surface area contributed by atoms with Crippen LogP contribution in [-0.2, 0) is 19.8 Å². The highest BCUT2D eigenvalue weighted by Crippen LogP contribution is 2.29. The van der Waals surface area contributed by atoms with Gasteiger partial charge in [-0.1, -0.05) is 12.1 Å². The maximum atomic E-state index is 12.7. The fourth-order valence-electron chi connectivity index (χ4n) is 2.28. The van der Waals surface area contributed by atoms with E-state index in [9.17, 15) is 18.0 Å². The Balaban J connectivity index is 1.70. The molecular formula is C16H14F3N5O. The molecule has 0 unspecified atom stereocenters. The quantitative estimate of drug-likeness (QED) is 0.788. The lowest BCUT2D eigenvalue weighted by Gasteiger charge is -2.09. The first-order valence-corrected chi connectivity index (χ1v) is 7.30. The van der Waals surface area contributed by atoms with Gasteiger partial charge in [-0.05, 0) is 17.7 Å². The van der Waals surface area contributed by atoms with Gasteiger partial charge in [0.05, 0.1) is 11.9 Å². The molecule has 0 aliphatic rings. The molecule has 0 saturated carbocycles. The van der Waals surface area contributed by atoms with E-state index < -0.39 is 17.6 Å². The lowest BCUT2D eigenvalue weighted by Crippen LogP contribution is -2.13. The van der Waals surface area contributed by atoms with Crippen LogP contribution < -0.4 is 5.32 Å². The van der Waals surface area contributed by atoms with Crippen LogP contribution in [0.3, 0.4) is 0 Å². The van der Waals surface area contributed by atoms with Crippen LogP contribution in [0.4, 0.5) is 19.0 Å². The van der Waals surface area contributed by atoms with E-state index in [1.165, 1.54) is 18.6 Å². The van der Waals surface area contributed by atoms with Crippen molar-refractivity contribution in [1.29, 1.82) is 0 Å². The van der Waals surface area contributed by atoms with Crippen molar-refractivity contribution >= 4 is 11.7 Å². The summed E-state index contributed by atoms with van der Waals surface area (Å²) in [5.41, 5.74) is -0.0974. The molecule has 0 saturated heterocycles. The van der Waals surface area contributed by atoms with Crippen molar-refractivity contribution in [2.75, 3.05) is 5.32 Å². The van der Waals surface area contributed by atoms with Crippen molar-refractivity contribution in [3.8, 4) is 0 Å². The van der Waals surface area contributed by atoms with Crippen molar-refractivity contribution in [1.82, 2.24) is 19.3 Å². The Morgan fingerprint density at radius 2 is 2.08 bits per heavy atom. The third kappa shape index (κ3) is 4.06. The lowest BCUT2D eigenvalue weighted by atomic mass is 10.1. The highest BCUT2D eigenvalue weighted by atomic mass is 19.4. The second kappa shape index (κ2) is 6.42. The van der Waals surface area contributed by atoms with Crippen LogP contribution in [0, 0.1) is 0 Å². The van der Waals surface area contributed by atoms with Gasteiger partial charge in [-0.2, -0.15) is 18.3 Å². The minimum absolute atomic E-state index is 0.151. The van der Waals surface area contributed by atoms with Crippen LogP contribution >= 0.6 is 0 Å². The normalized spacial score (nSPS) is 11.5. The molecule has 0 fully saturated rings. The highest BCUT2D eigenvalue weighted by molar-refractivity contribution is 6.02. The Bertz CT molecular complexity index is 897. The number of anilines is 1. The third-order valence-corrected chi connectivity index (χ3v) is 3.44. The van der Waals surface area contributed by atoms with Crippen molar-refractivity contribution in [2.45, 2.75) is 12.7 Å². The molecule has 2 aromatic heterocycles. The summed E-state index contributed by atoms with van der Waals surface area (Å²) in [5.74, 6) is -0.0542. The Morgan fingerprint density at radius 3 is 2.76 bits per heavy atom. The van der Waals surface area contributed by atoms with Gasteiger partial charge < -0.3 is 9.88 Å². The zero-order valence-corrected chi connectivity index (χ0v) is 13.2. The standard InChI is InChI=1S/C16H14F3N5O/c1-23-6-5-14(22-23)21-15(25)13-9-24(10-20-13)8-11-3-2-4-12(7-11)16(17,18)19/h2-7,9-10H,8H2,1H3,(H,21,22,25). The highest BCUT2D eigenvalue weighted by Gasteiger charge is 2.30. The zero-order chi connectivity index (χ0) is 18.0. The second-order valence-electron chi connectivity index (χ2n) is 5.46. The predicted octanol–water partition coefficient (Wildman–Crippen LogP) is 2.94. The summed E-state index contributed by atoms with van der Waals surface area (Å²) in [6.45, 7) is 0.174. The van der Waals surface area contributed by atoms with Crippen LogP contribution in [0.5, 0.6) is 0 Å². The summed E-state index contributed by atoms with van der Waals surface area (Å²) in [6.07, 6.45) is 0.159. The molecule has 0 aliphatic carbocycles. The first-order chi connectivity index (χ1) is 11.8. The summed E-state index contributed by atoms with van der Waals surface area (Å²) in [5, 5.41) is 6.62. The molecule has 3 aromatic rings. The number of alkyl halides is 3. The number of rotatable bonds is 4. The second-order valence-corrected chi connectivity index (χ2v) is 5.46. The Hall–Kier alpha value is -3.10. The number of amides is 1. The maximum absolute atomic E-state index is 12.7. The van der Waals surface area contributed by atoms with E-state index in [-0.39, 0.29) is 12.2 Å². The number of halogens is 3. The van der Waals surface area contributed by atoms with Gasteiger partial charge in [0.2, 0.25) is 0 Å². The molecule has 1 aromatic carbocycles. The van der Waals surface area contributed by atoms with E-state index in [2.05, 4.69) is 15.4 Å². The van der Waals surface area contributed by atoms with E-state index in [0.717, 1.165) is 12.1 Å². The predicted molar refractivity (Wildman–Crippen MR) is 83.9 cm³/mol. The number of carbonyl (C=O) groups is 1. The molecule has 130 valence electrons. The number of hydrogen-bond donors (Lipinski definition) is 1. The molecule has 0 atom stereocenters. The average Bonchev–Trinajstić information content (AvgIpc) is 3.16. The molecule has 0 aliphatic heterocycles. The molecule has 1 N–H and O–H groups in total. The zero-order valence-electron chi connectivity index (χ0n) is 13.2. The molecule has 2 heterocycles. The van der Waals surface area contributed by atoms with Gasteiger partial charge >= 0.3 is 6.18 Å². The number of aromatic nitrogens is 4. The number of nitrogens with one attached hydrogen (secondary N) is 1. The van der Waals surface area contributed by atoms with Crippen LogP contribution in [0.15, 0.2) is 49.1 Å². The fraction of sp³-hybridized carbons (Fsp3) is 0.188. The summed E-state index contributed by atoms with van der Waals surface area (Å²) < 4.78 is 41.3. The molecule has 3 rings (SSSR count). The maximum Gasteiger partial charge on any atom is 0.416 e. The minimum Gasteiger partial charge on any atom is -0.332 e. The molecule has 6 nitrogen and oxygen atoms in total. The van der Waals surface area contributed by atoms with Gasteiger partial charge in [0.25, 0.3) is 5.91 Å². The molecule has 9 heteroatoms. The molecule has 25 heavy (non-hydrogen) atoms. The van der Waals surface area contributed by atoms with E-state index >= 15 is 0 Å². The van der Waals surface area contributed by atoms with Crippen molar-refractivity contribution in [2.24, 2.45) is 7.05 Å². The average molecular weight is 349 g/mol. The van der Waals surface area contributed by atoms with Gasteiger partial charge in [0.15, 0.2) is 5.82 Å². The molecule has 1 amide bonds. The van der Waals surface area contributed by atoms with Crippen LogP contribution in [0.1, 0.15) is 21.6 Å². The van der Waals surface area contributed by atoms with Crippen LogP contribution in [0.25, 0.3) is 0 Å². The Labute approximate surface area is 140 Å². The van der Waals surface area contributed by atoms with Gasteiger partial charge in [0, 0.05) is 32.1 Å². The molecular weight excluding hydrogens is 335 g/mol. The van der Waals surface area contributed by atoms with Crippen molar-refractivity contribution in [3.05, 3.63) is 65.9 Å². The van der Waals surface area contributed by atoms with E-state index in [1.54, 1.807) is 34.6 Å². The van der Waals surface area contributed by atoms with E-state index in [4.69, 9.17) is 0 Å². The monoisotopic (exact) mass is 349 g/mol. The summed E-state index contributed by atoms with van der Waals surface area (Å²) >= 11 is 0. The number of nitrogens with zero attached hydrogens (tertiary/aromatic N) is 4. The van der Waals surface area contributed by atoms with Crippen molar-refractivity contribution < 1.29 is 18.0 Å². The summed E-state index contributed by atoms with van der Waals surface area (Å²) in [6, 6.07) is 6.67. The SMILES string of the molecule is Cn1ccc(NC(=O)c2cn(Cc3cccc(C(F)(F)F)c3)cn2)n1. The molecule has 0 bridgehead atoms. The third-order valence-electron chi connectivity index (χ3n) is 3.44. The Kier molecular flexibility index (Phi) is 4.30. The number of carbonyl (C=O) groups excluding carboxylic acids is 1. The largest absolute Gasteiger partial charge is 0.416 e. The number of hydrogen-bond acceptors (Lipinski definition) is 3. The number of aryl methyl sites for hydroxylation is 1. The van der Waals surface area contributed by atoms with Gasteiger partial charge in [0.1, 0.15) is 5.69 Å². The number of benzene rings is 1. The van der Waals surface area contributed by atoms with Crippen molar-refractivity contribution in [3.63, 3.8) is 0 Å². The van der Waals surface area contributed by atoms with Crippen LogP contribution in [0.2, 0.25) is 0 Å². The molecule has 0 spiro atoms. The fourth-order valence-corrected chi connectivity index (χ4v) is 2.28. The lowest BCUT2D eigenvalue weighted by molar-refractivity contribution is -0.137. The van der Waals surface area contributed by atoms with Gasteiger partial charge in [-0.25, -0.2) is 4.98 Å². The smallest absolute Gasteiger partial charge is 0.332 e. The van der Waals surface area contributed by atoms with Gasteiger partial charge in [-0.3, -0.25) is 9.48 Å². The number of imidazole rings is 1. The van der Waals surface area contributed by atoms with E-state index in [0.29, 0.717) is 11.4 Å². The molecule has 0 radical (unpaired) electrons. The van der Waals surface area contributed by atoms with E-state index in [1.807, 2.05) is 0 Å². The first-order valence-electron chi connectivity index (χ1n) is 7.30. The first kappa shape index (κ1) is 16.7. The van der Waals surface area contributed by atoms with Gasteiger partial charge in [-0.15, -0.1) is 0 Å².